The van der Waals surface area contributed by atoms with Gasteiger partial charge in [-0.05, 0) is 12.8 Å². The number of nitro groups is 1. The molecule has 23 heavy (non-hydrogen) atoms. The smallest absolute Gasteiger partial charge is 0.329 e. The predicted molar refractivity (Wildman–Crippen MR) is 79.8 cm³/mol. The summed E-state index contributed by atoms with van der Waals surface area (Å²) >= 11 is 0. The maximum absolute atomic E-state index is 11.6. The van der Waals surface area contributed by atoms with E-state index in [-0.39, 0.29) is 22.4 Å². The average Bonchev–Trinajstić information content (AvgIpc) is 3.28. The fourth-order valence-corrected chi connectivity index (χ4v) is 2.60. The van der Waals surface area contributed by atoms with Crippen LogP contribution in [0.2, 0.25) is 0 Å². The number of likely N-dealkylation sites (N-methyl/N-ethyl adjacent to an activating group) is 1. The number of hydrogen-bond acceptors (Lipinski definition) is 6. The summed E-state index contributed by atoms with van der Waals surface area (Å²) in [7, 11) is 1.49. The maximum Gasteiger partial charge on any atom is 0.329 e. The van der Waals surface area contributed by atoms with Crippen LogP contribution in [0.4, 0.5) is 11.4 Å². The second-order valence-corrected chi connectivity index (χ2v) is 5.45. The first-order chi connectivity index (χ1) is 10.8. The third-order valence-electron chi connectivity index (χ3n) is 4.13. The van der Waals surface area contributed by atoms with Gasteiger partial charge in [0.1, 0.15) is 5.54 Å². The molecule has 0 unspecified atom stereocenters. The molecular weight excluding hydrogens is 308 g/mol. The van der Waals surface area contributed by atoms with Crippen LogP contribution in [0.1, 0.15) is 12.8 Å². The molecule has 1 aliphatic carbocycles. The van der Waals surface area contributed by atoms with E-state index in [1.165, 1.54) is 18.0 Å². The van der Waals surface area contributed by atoms with E-state index in [4.69, 9.17) is 0 Å². The predicted octanol–water partition coefficient (Wildman–Crippen LogP) is 0.178. The molecule has 1 fully saturated rings. The number of aliphatic carboxylic acids is 1. The third kappa shape index (κ3) is 2.15. The van der Waals surface area contributed by atoms with Gasteiger partial charge < -0.3 is 20.0 Å². The minimum Gasteiger partial charge on any atom is -0.479 e. The Morgan fingerprint density at radius 1 is 1.30 bits per heavy atom. The van der Waals surface area contributed by atoms with Gasteiger partial charge in [0.15, 0.2) is 0 Å². The van der Waals surface area contributed by atoms with Crippen LogP contribution in [0.3, 0.4) is 0 Å². The van der Waals surface area contributed by atoms with Gasteiger partial charge in [-0.15, -0.1) is 0 Å². The topological polar surface area (TPSA) is 149 Å². The van der Waals surface area contributed by atoms with Crippen LogP contribution in [0.5, 0.6) is 0 Å². The molecule has 0 amide bonds. The first kappa shape index (κ1) is 14.8. The number of nitro benzene ring substituents is 1. The van der Waals surface area contributed by atoms with E-state index in [0.29, 0.717) is 12.8 Å². The second kappa shape index (κ2) is 4.66. The lowest BCUT2D eigenvalue weighted by atomic mass is 10.1. The molecular formula is C13H12N4O6. The standard InChI is InChI=1S/C13H12N4O6/c1-16(13(2-3-13)12(20)21)8-5-6(17(22)23)4-7-9(8)15-11(19)10(18)14-7/h4-5H,2-3H2,1H3,(H,14,18)(H,15,19)(H,20,21). The number of fused-ring (bicyclic) bond motifs is 1. The molecule has 0 spiro atoms. The molecule has 10 nitrogen and oxygen atoms in total. The van der Waals surface area contributed by atoms with Gasteiger partial charge in [0.25, 0.3) is 5.69 Å². The number of hydrogen-bond donors (Lipinski definition) is 3. The van der Waals surface area contributed by atoms with Crippen molar-refractivity contribution in [3.05, 3.63) is 43.0 Å². The Hall–Kier alpha value is -3.17. The lowest BCUT2D eigenvalue weighted by Gasteiger charge is -2.27. The number of aromatic nitrogens is 2. The molecule has 0 atom stereocenters. The molecule has 1 saturated carbocycles. The zero-order valence-corrected chi connectivity index (χ0v) is 12.0. The summed E-state index contributed by atoms with van der Waals surface area (Å²) < 4.78 is 0. The van der Waals surface area contributed by atoms with E-state index in [1.54, 1.807) is 0 Å². The zero-order valence-electron chi connectivity index (χ0n) is 12.0. The van der Waals surface area contributed by atoms with Crippen molar-refractivity contribution in [1.82, 2.24) is 9.97 Å². The second-order valence-electron chi connectivity index (χ2n) is 5.45. The lowest BCUT2D eigenvalue weighted by molar-refractivity contribution is -0.384. The summed E-state index contributed by atoms with van der Waals surface area (Å²) in [6.45, 7) is 0. The minimum absolute atomic E-state index is 0.0619. The highest BCUT2D eigenvalue weighted by molar-refractivity contribution is 5.95. The number of rotatable bonds is 4. The summed E-state index contributed by atoms with van der Waals surface area (Å²) in [5, 5.41) is 20.5. The summed E-state index contributed by atoms with van der Waals surface area (Å²) in [5.74, 6) is -1.05. The molecule has 3 rings (SSSR count). The van der Waals surface area contributed by atoms with E-state index in [2.05, 4.69) is 9.97 Å². The quantitative estimate of drug-likeness (QED) is 0.413. The maximum atomic E-state index is 11.6. The zero-order chi connectivity index (χ0) is 16.9. The monoisotopic (exact) mass is 320 g/mol. The van der Waals surface area contributed by atoms with Crippen molar-refractivity contribution in [3.63, 3.8) is 0 Å². The number of nitrogens with one attached hydrogen (secondary N) is 2. The fraction of sp³-hybridized carbons (Fsp3) is 0.308. The minimum atomic E-state index is -1.16. The molecule has 1 aromatic heterocycles. The first-order valence-electron chi connectivity index (χ1n) is 6.68. The SMILES string of the molecule is CN(c1cc([N+](=O)[O-])cc2[nH]c(=O)c(=O)[nH]c12)C1(C(=O)O)CC1. The summed E-state index contributed by atoms with van der Waals surface area (Å²) in [4.78, 5) is 50.9. The van der Waals surface area contributed by atoms with E-state index >= 15 is 0 Å². The van der Waals surface area contributed by atoms with E-state index < -0.39 is 27.6 Å². The van der Waals surface area contributed by atoms with Gasteiger partial charge >= 0.3 is 17.1 Å². The van der Waals surface area contributed by atoms with Gasteiger partial charge in [-0.1, -0.05) is 0 Å². The Labute approximate surface area is 127 Å². The Bertz CT molecular complexity index is 955. The summed E-state index contributed by atoms with van der Waals surface area (Å²) in [6, 6.07) is 2.30. The van der Waals surface area contributed by atoms with Crippen LogP contribution in [0, 0.1) is 10.1 Å². The molecule has 3 N–H and O–H groups in total. The van der Waals surface area contributed by atoms with Crippen LogP contribution in [-0.4, -0.2) is 38.6 Å². The molecule has 0 bridgehead atoms. The number of anilines is 1. The number of nitrogens with zero attached hydrogens (tertiary/aromatic N) is 2. The van der Waals surface area contributed by atoms with Gasteiger partial charge in [0.2, 0.25) is 0 Å². The Morgan fingerprint density at radius 3 is 2.43 bits per heavy atom. The van der Waals surface area contributed by atoms with Gasteiger partial charge in [-0.25, -0.2) is 4.79 Å². The summed E-state index contributed by atoms with van der Waals surface area (Å²) in [6.07, 6.45) is 0.771. The first-order valence-corrected chi connectivity index (χ1v) is 6.68. The molecule has 10 heteroatoms. The average molecular weight is 320 g/mol. The highest BCUT2D eigenvalue weighted by atomic mass is 16.6. The number of non-ortho nitro benzene ring substituents is 1. The molecule has 1 aromatic carbocycles. The molecule has 0 radical (unpaired) electrons. The number of H-pyrrole nitrogens is 2. The van der Waals surface area contributed by atoms with Crippen LogP contribution in [-0.2, 0) is 4.79 Å². The molecule has 120 valence electrons. The van der Waals surface area contributed by atoms with Crippen molar-refractivity contribution in [2.45, 2.75) is 18.4 Å². The molecule has 1 heterocycles. The number of carboxylic acids is 1. The number of aromatic amines is 2. The van der Waals surface area contributed by atoms with Crippen molar-refractivity contribution in [2.24, 2.45) is 0 Å². The molecule has 2 aromatic rings. The highest BCUT2D eigenvalue weighted by Gasteiger charge is 2.54. The van der Waals surface area contributed by atoms with Crippen LogP contribution in [0.15, 0.2) is 21.7 Å². The highest BCUT2D eigenvalue weighted by Crippen LogP contribution is 2.45. The van der Waals surface area contributed by atoms with Crippen LogP contribution >= 0.6 is 0 Å². The summed E-state index contributed by atoms with van der Waals surface area (Å²) in [5.41, 5.74) is -2.95. The number of carboxylic acid groups (broad SMARTS) is 1. The van der Waals surface area contributed by atoms with Crippen molar-refractivity contribution < 1.29 is 14.8 Å². The van der Waals surface area contributed by atoms with Crippen molar-refractivity contribution in [2.75, 3.05) is 11.9 Å². The van der Waals surface area contributed by atoms with Gasteiger partial charge in [0, 0.05) is 19.2 Å². The third-order valence-corrected chi connectivity index (χ3v) is 4.13. The van der Waals surface area contributed by atoms with E-state index in [1.807, 2.05) is 0 Å². The van der Waals surface area contributed by atoms with E-state index in [9.17, 15) is 29.6 Å². The molecule has 0 saturated heterocycles. The van der Waals surface area contributed by atoms with Crippen molar-refractivity contribution >= 4 is 28.4 Å². The van der Waals surface area contributed by atoms with Crippen molar-refractivity contribution in [3.8, 4) is 0 Å². The van der Waals surface area contributed by atoms with Gasteiger partial charge in [0.05, 0.1) is 21.6 Å². The van der Waals surface area contributed by atoms with Crippen LogP contribution < -0.4 is 16.0 Å². The Kier molecular flexibility index (Phi) is 2.99. The largest absolute Gasteiger partial charge is 0.479 e. The Balaban J connectivity index is 2.32. The molecule has 0 aliphatic heterocycles. The normalized spacial score (nSPS) is 15.3. The van der Waals surface area contributed by atoms with E-state index in [0.717, 1.165) is 6.07 Å². The fourth-order valence-electron chi connectivity index (χ4n) is 2.60. The van der Waals surface area contributed by atoms with Crippen molar-refractivity contribution in [1.29, 1.82) is 0 Å². The van der Waals surface area contributed by atoms with Gasteiger partial charge in [-0.2, -0.15) is 0 Å². The number of carbonyl (C=O) groups is 1. The van der Waals surface area contributed by atoms with Crippen LogP contribution in [0.25, 0.3) is 11.0 Å². The lowest BCUT2D eigenvalue weighted by Crippen LogP contribution is -2.41. The van der Waals surface area contributed by atoms with Gasteiger partial charge in [-0.3, -0.25) is 19.7 Å². The number of benzene rings is 1. The molecule has 1 aliphatic rings. The Morgan fingerprint density at radius 2 is 1.91 bits per heavy atom.